The van der Waals surface area contributed by atoms with Crippen molar-refractivity contribution in [2.75, 3.05) is 13.2 Å². The van der Waals surface area contributed by atoms with Gasteiger partial charge in [-0.05, 0) is 44.4 Å². The minimum Gasteiger partial charge on any atom is -0.396 e. The molecule has 16 heavy (non-hydrogen) atoms. The molecule has 1 rings (SSSR count). The number of hydrogen-bond donors (Lipinski definition) is 1. The summed E-state index contributed by atoms with van der Waals surface area (Å²) >= 11 is 0. The van der Waals surface area contributed by atoms with Crippen LogP contribution in [-0.2, 0) is 4.74 Å². The van der Waals surface area contributed by atoms with E-state index in [9.17, 15) is 0 Å². The van der Waals surface area contributed by atoms with Crippen LogP contribution in [0.1, 0.15) is 58.8 Å². The number of ether oxygens (including phenoxy) is 1. The van der Waals surface area contributed by atoms with Crippen LogP contribution in [0, 0.1) is 11.8 Å². The summed E-state index contributed by atoms with van der Waals surface area (Å²) in [5, 5.41) is 8.66. The molecule has 1 aliphatic carbocycles. The normalized spacial score (nSPS) is 27.9. The van der Waals surface area contributed by atoms with Crippen LogP contribution < -0.4 is 0 Å². The lowest BCUT2D eigenvalue weighted by molar-refractivity contribution is 0.0446. The summed E-state index contributed by atoms with van der Waals surface area (Å²) in [6.07, 6.45) is 9.34. The SMILES string of the molecule is CC(CCC1CCC[C@@H](C)C1)OCCCO. The van der Waals surface area contributed by atoms with Crippen LogP contribution in [-0.4, -0.2) is 24.4 Å². The monoisotopic (exact) mass is 228 g/mol. The van der Waals surface area contributed by atoms with E-state index in [1.807, 2.05) is 0 Å². The van der Waals surface area contributed by atoms with Crippen LogP contribution in [0.3, 0.4) is 0 Å². The summed E-state index contributed by atoms with van der Waals surface area (Å²) in [5.74, 6) is 1.87. The molecule has 0 spiro atoms. The summed E-state index contributed by atoms with van der Waals surface area (Å²) in [6, 6.07) is 0. The van der Waals surface area contributed by atoms with Crippen LogP contribution in [0.5, 0.6) is 0 Å². The molecular formula is C14H28O2. The quantitative estimate of drug-likeness (QED) is 0.677. The molecule has 96 valence electrons. The Morgan fingerprint density at radius 2 is 2.19 bits per heavy atom. The van der Waals surface area contributed by atoms with Crippen molar-refractivity contribution in [3.63, 3.8) is 0 Å². The smallest absolute Gasteiger partial charge is 0.0547 e. The average Bonchev–Trinajstić information content (AvgIpc) is 2.27. The zero-order valence-corrected chi connectivity index (χ0v) is 11.0. The first-order valence-corrected chi connectivity index (χ1v) is 6.94. The van der Waals surface area contributed by atoms with Gasteiger partial charge >= 0.3 is 0 Å². The molecule has 2 heteroatoms. The van der Waals surface area contributed by atoms with Crippen molar-refractivity contribution in [3.05, 3.63) is 0 Å². The first-order chi connectivity index (χ1) is 7.72. The molecule has 0 aromatic carbocycles. The largest absolute Gasteiger partial charge is 0.396 e. The van der Waals surface area contributed by atoms with Crippen LogP contribution in [0.4, 0.5) is 0 Å². The summed E-state index contributed by atoms with van der Waals surface area (Å²) in [5.41, 5.74) is 0. The Morgan fingerprint density at radius 1 is 1.38 bits per heavy atom. The van der Waals surface area contributed by atoms with Crippen LogP contribution in [0.2, 0.25) is 0 Å². The second kappa shape index (κ2) is 8.08. The second-order valence-corrected chi connectivity index (χ2v) is 5.47. The van der Waals surface area contributed by atoms with Crippen molar-refractivity contribution in [2.45, 2.75) is 64.9 Å². The molecule has 0 heterocycles. The molecule has 0 aliphatic heterocycles. The summed E-state index contributed by atoms with van der Waals surface area (Å²) in [4.78, 5) is 0. The Balaban J connectivity index is 2.04. The fraction of sp³-hybridized carbons (Fsp3) is 1.00. The fourth-order valence-corrected chi connectivity index (χ4v) is 2.72. The van der Waals surface area contributed by atoms with Gasteiger partial charge in [0.1, 0.15) is 0 Å². The standard InChI is InChI=1S/C14H28O2/c1-12-5-3-6-14(11-12)8-7-13(2)16-10-4-9-15/h12-15H,3-11H2,1-2H3/t12-,13?,14?/m1/s1. The third-order valence-electron chi connectivity index (χ3n) is 3.73. The van der Waals surface area contributed by atoms with E-state index in [1.54, 1.807) is 0 Å². The Bertz CT molecular complexity index is 170. The molecule has 0 amide bonds. The summed E-state index contributed by atoms with van der Waals surface area (Å²) < 4.78 is 5.64. The van der Waals surface area contributed by atoms with Gasteiger partial charge in [-0.3, -0.25) is 0 Å². The molecule has 1 fully saturated rings. The minimum absolute atomic E-state index is 0.243. The third kappa shape index (κ3) is 5.86. The maximum Gasteiger partial charge on any atom is 0.0547 e. The van der Waals surface area contributed by atoms with Crippen molar-refractivity contribution < 1.29 is 9.84 Å². The third-order valence-corrected chi connectivity index (χ3v) is 3.73. The Labute approximate surface area is 100 Å². The first-order valence-electron chi connectivity index (χ1n) is 6.94. The first kappa shape index (κ1) is 14.0. The van der Waals surface area contributed by atoms with Crippen LogP contribution in [0.25, 0.3) is 0 Å². The van der Waals surface area contributed by atoms with E-state index in [2.05, 4.69) is 13.8 Å². The predicted molar refractivity (Wildman–Crippen MR) is 67.5 cm³/mol. The predicted octanol–water partition coefficient (Wildman–Crippen LogP) is 3.38. The van der Waals surface area contributed by atoms with Gasteiger partial charge in [-0.25, -0.2) is 0 Å². The van der Waals surface area contributed by atoms with Gasteiger partial charge < -0.3 is 9.84 Å². The zero-order valence-electron chi connectivity index (χ0n) is 11.0. The minimum atomic E-state index is 0.243. The van der Waals surface area contributed by atoms with Crippen molar-refractivity contribution >= 4 is 0 Å². The van der Waals surface area contributed by atoms with Gasteiger partial charge in [0.05, 0.1) is 6.10 Å². The number of rotatable bonds is 7. The molecule has 1 aliphatic rings. The fourth-order valence-electron chi connectivity index (χ4n) is 2.72. The van der Waals surface area contributed by atoms with Gasteiger partial charge in [0.2, 0.25) is 0 Å². The van der Waals surface area contributed by atoms with E-state index in [0.717, 1.165) is 18.3 Å². The molecule has 0 bridgehead atoms. The number of aliphatic hydroxyl groups excluding tert-OH is 1. The van der Waals surface area contributed by atoms with E-state index in [1.165, 1.54) is 38.5 Å². The van der Waals surface area contributed by atoms with Gasteiger partial charge in [-0.1, -0.05) is 26.2 Å². The number of aliphatic hydroxyl groups is 1. The highest BCUT2D eigenvalue weighted by atomic mass is 16.5. The van der Waals surface area contributed by atoms with Crippen LogP contribution >= 0.6 is 0 Å². The highest BCUT2D eigenvalue weighted by Gasteiger charge is 2.19. The van der Waals surface area contributed by atoms with E-state index < -0.39 is 0 Å². The van der Waals surface area contributed by atoms with Crippen molar-refractivity contribution in [1.29, 1.82) is 0 Å². The Morgan fingerprint density at radius 3 is 2.88 bits per heavy atom. The van der Waals surface area contributed by atoms with Crippen molar-refractivity contribution in [1.82, 2.24) is 0 Å². The summed E-state index contributed by atoms with van der Waals surface area (Å²) in [6.45, 7) is 5.49. The lowest BCUT2D eigenvalue weighted by Gasteiger charge is -2.27. The molecule has 0 aromatic rings. The highest BCUT2D eigenvalue weighted by molar-refractivity contribution is 4.71. The molecule has 0 saturated heterocycles. The van der Waals surface area contributed by atoms with Gasteiger partial charge in [-0.15, -0.1) is 0 Å². The Hall–Kier alpha value is -0.0800. The topological polar surface area (TPSA) is 29.5 Å². The average molecular weight is 228 g/mol. The molecule has 3 atom stereocenters. The lowest BCUT2D eigenvalue weighted by atomic mass is 9.80. The molecule has 0 aromatic heterocycles. The second-order valence-electron chi connectivity index (χ2n) is 5.47. The van der Waals surface area contributed by atoms with Crippen molar-refractivity contribution in [2.24, 2.45) is 11.8 Å². The highest BCUT2D eigenvalue weighted by Crippen LogP contribution is 2.31. The van der Waals surface area contributed by atoms with Crippen LogP contribution in [0.15, 0.2) is 0 Å². The number of hydrogen-bond acceptors (Lipinski definition) is 2. The molecule has 1 saturated carbocycles. The van der Waals surface area contributed by atoms with Gasteiger partial charge in [-0.2, -0.15) is 0 Å². The van der Waals surface area contributed by atoms with Gasteiger partial charge in [0.15, 0.2) is 0 Å². The Kier molecular flexibility index (Phi) is 7.06. The lowest BCUT2D eigenvalue weighted by Crippen LogP contribution is -2.16. The van der Waals surface area contributed by atoms with Gasteiger partial charge in [0.25, 0.3) is 0 Å². The van der Waals surface area contributed by atoms with Crippen molar-refractivity contribution in [3.8, 4) is 0 Å². The van der Waals surface area contributed by atoms with E-state index >= 15 is 0 Å². The zero-order chi connectivity index (χ0) is 11.8. The molecule has 1 N–H and O–H groups in total. The van der Waals surface area contributed by atoms with E-state index in [-0.39, 0.29) is 6.61 Å². The molecular weight excluding hydrogens is 200 g/mol. The molecule has 0 radical (unpaired) electrons. The van der Waals surface area contributed by atoms with E-state index in [4.69, 9.17) is 9.84 Å². The molecule has 2 nitrogen and oxygen atoms in total. The molecule has 2 unspecified atom stereocenters. The van der Waals surface area contributed by atoms with E-state index in [0.29, 0.717) is 12.7 Å². The summed E-state index contributed by atoms with van der Waals surface area (Å²) in [7, 11) is 0. The maximum absolute atomic E-state index is 8.66. The maximum atomic E-state index is 8.66. The van der Waals surface area contributed by atoms with Gasteiger partial charge in [0, 0.05) is 13.2 Å².